The van der Waals surface area contributed by atoms with E-state index < -0.39 is 64.0 Å². The summed E-state index contributed by atoms with van der Waals surface area (Å²) >= 11 is 0. The van der Waals surface area contributed by atoms with Gasteiger partial charge in [0.15, 0.2) is 11.7 Å². The van der Waals surface area contributed by atoms with Crippen molar-refractivity contribution in [3.05, 3.63) is 47.3 Å². The minimum Gasteiger partial charge on any atom is -0.465 e. The Balaban J connectivity index is 1.13. The number of carbonyl (C=O) groups is 2. The Morgan fingerprint density at radius 2 is 1.77 bits per heavy atom. The van der Waals surface area contributed by atoms with Crippen LogP contribution in [-0.2, 0) is 14.3 Å². The van der Waals surface area contributed by atoms with Crippen LogP contribution in [0.15, 0.2) is 46.8 Å². The monoisotopic (exact) mass is 911 g/mol. The van der Waals surface area contributed by atoms with Gasteiger partial charge in [0.1, 0.15) is 0 Å². The Hall–Kier alpha value is -3.51. The van der Waals surface area contributed by atoms with Crippen molar-refractivity contribution >= 4 is 17.7 Å². The van der Waals surface area contributed by atoms with Crippen molar-refractivity contribution in [1.29, 1.82) is 0 Å². The van der Waals surface area contributed by atoms with Crippen LogP contribution in [0.3, 0.4) is 0 Å². The topological polar surface area (TPSA) is 245 Å². The molecular weight excluding hydrogens is 837 g/mol. The first-order valence-corrected chi connectivity index (χ1v) is 25.3. The highest BCUT2D eigenvalue weighted by Crippen LogP contribution is 2.76. The van der Waals surface area contributed by atoms with Crippen molar-refractivity contribution in [2.45, 2.75) is 140 Å². The minimum absolute atomic E-state index is 0.0247. The molecule has 0 amide bonds. The Bertz CT molecular complexity index is 2210. The SMILES string of the molecule is CC1CCC2=CCC3C(CO)CC(O)C(C)(O)C4C(CC#CC(C5COC(=O)C5c5cc[nH]c5)CC3C2C1)CC1(O)C2=CC(=O)C3CC(O)C(O)CC3(C)C2C2CCC(CN=C(N)N)C41C2. The van der Waals surface area contributed by atoms with Crippen LogP contribution in [-0.4, -0.2) is 103 Å². The van der Waals surface area contributed by atoms with Crippen LogP contribution in [0.2, 0.25) is 0 Å². The van der Waals surface area contributed by atoms with Crippen molar-refractivity contribution in [2.24, 2.45) is 104 Å². The van der Waals surface area contributed by atoms with Gasteiger partial charge in [-0.05, 0) is 166 Å². The average Bonchev–Trinajstić information content (AvgIpc) is 4.00. The molecule has 5 saturated carbocycles. The van der Waals surface area contributed by atoms with Crippen LogP contribution in [0.25, 0.3) is 0 Å². The Kier molecular flexibility index (Phi) is 11.8. The lowest BCUT2D eigenvalue weighted by Crippen LogP contribution is -2.69. The number of nitrogens with zero attached hydrogens (tertiary/aromatic N) is 1. The van der Waals surface area contributed by atoms with E-state index in [1.165, 1.54) is 5.57 Å². The van der Waals surface area contributed by atoms with Crippen LogP contribution in [0.4, 0.5) is 0 Å². The number of aliphatic hydroxyl groups is 6. The maximum absolute atomic E-state index is 14.5. The van der Waals surface area contributed by atoms with Crippen molar-refractivity contribution in [1.82, 2.24) is 4.98 Å². The molecule has 1 aromatic heterocycles. The number of aliphatic imine (C=N–C) groups is 1. The number of ketones is 1. The quantitative estimate of drug-likeness (QED) is 0.0669. The number of aromatic nitrogens is 1. The molecule has 13 nitrogen and oxygen atoms in total. The van der Waals surface area contributed by atoms with Gasteiger partial charge in [-0.25, -0.2) is 0 Å². The number of aromatic amines is 1. The molecule has 0 radical (unpaired) electrons. The molecule has 0 aromatic carbocycles. The predicted molar refractivity (Wildman–Crippen MR) is 246 cm³/mol. The molecule has 6 fully saturated rings. The number of nitrogens with two attached hydrogens (primary N) is 2. The fourth-order valence-electron chi connectivity index (χ4n) is 17.5. The van der Waals surface area contributed by atoms with Crippen molar-refractivity contribution in [3.63, 3.8) is 0 Å². The number of hydrogen-bond acceptors (Lipinski definition) is 10. The van der Waals surface area contributed by atoms with Gasteiger partial charge in [0.2, 0.25) is 0 Å². The Labute approximate surface area is 389 Å². The van der Waals surface area contributed by atoms with E-state index in [9.17, 15) is 40.2 Å². The number of nitrogens with one attached hydrogen (secondary N) is 1. The predicted octanol–water partition coefficient (Wildman–Crippen LogP) is 4.11. The molecule has 10 rings (SSSR count). The number of allylic oxidation sites excluding steroid dienone is 3. The molecule has 2 heterocycles. The summed E-state index contributed by atoms with van der Waals surface area (Å²) in [5.41, 5.74) is 9.74. The summed E-state index contributed by atoms with van der Waals surface area (Å²) in [5.74, 6) is 4.09. The molecule has 1 aliphatic heterocycles. The zero-order valence-corrected chi connectivity index (χ0v) is 39.0. The van der Waals surface area contributed by atoms with Gasteiger partial charge in [-0.2, -0.15) is 0 Å². The standard InChI is InChI=1S/C53H74N4O9/c1-27-7-8-28-10-12-35-33(25-58)17-44(62)51(3,64)47-31(6-4-5-29(16-37(35)36(28)15-27)38-26-66-48(63)45(38)32-13-14-56-23-32)21-53(65)40-19-41(59)39-18-42(60)43(61)22-50(39,2)46(40)30-9-11-34(24-57-49(54)55)52(47,53)20-30/h10,13-14,19,23,27,29-31,33-39,42-47,56,58,60-62,64-65H,6-9,11-12,15-18,20-22,24-26H2,1-3H3,(H4,54,55,57). The van der Waals surface area contributed by atoms with Gasteiger partial charge < -0.3 is 51.8 Å². The molecule has 21 atom stereocenters. The first-order chi connectivity index (χ1) is 31.4. The van der Waals surface area contributed by atoms with E-state index in [1.54, 1.807) is 13.0 Å². The summed E-state index contributed by atoms with van der Waals surface area (Å²) in [5, 5.41) is 74.0. The van der Waals surface area contributed by atoms with E-state index in [1.807, 2.05) is 18.5 Å². The summed E-state index contributed by atoms with van der Waals surface area (Å²) in [6.07, 6.45) is 11.8. The first-order valence-electron chi connectivity index (χ1n) is 25.3. The highest BCUT2D eigenvalue weighted by molar-refractivity contribution is 5.95. The fourth-order valence-corrected chi connectivity index (χ4v) is 17.5. The Morgan fingerprint density at radius 3 is 2.52 bits per heavy atom. The van der Waals surface area contributed by atoms with Gasteiger partial charge in [0, 0.05) is 61.1 Å². The van der Waals surface area contributed by atoms with Gasteiger partial charge in [0.25, 0.3) is 0 Å². The van der Waals surface area contributed by atoms with Crippen LogP contribution in [0.1, 0.15) is 116 Å². The number of hydrogen-bond donors (Lipinski definition) is 9. The molecule has 1 saturated heterocycles. The molecule has 8 aliphatic carbocycles. The van der Waals surface area contributed by atoms with E-state index in [4.69, 9.17) is 16.2 Å². The summed E-state index contributed by atoms with van der Waals surface area (Å²) in [6.45, 7) is 6.33. The third kappa shape index (κ3) is 7.03. The third-order valence-electron chi connectivity index (χ3n) is 20.3. The number of fused-ring (bicyclic) bond motifs is 10. The molecule has 13 heteroatoms. The zero-order valence-electron chi connectivity index (χ0n) is 39.0. The molecule has 21 unspecified atom stereocenters. The van der Waals surface area contributed by atoms with Crippen LogP contribution in [0.5, 0.6) is 0 Å². The van der Waals surface area contributed by atoms with Crippen molar-refractivity contribution in [3.8, 4) is 11.8 Å². The second kappa shape index (κ2) is 16.9. The number of aliphatic hydroxyl groups excluding tert-OH is 4. The van der Waals surface area contributed by atoms with Gasteiger partial charge in [-0.15, -0.1) is 5.92 Å². The number of H-pyrrole nitrogens is 1. The van der Waals surface area contributed by atoms with Crippen LogP contribution < -0.4 is 11.5 Å². The van der Waals surface area contributed by atoms with Crippen LogP contribution in [0, 0.1) is 99.6 Å². The molecule has 1 aromatic rings. The number of ether oxygens (including phenoxy) is 1. The van der Waals surface area contributed by atoms with E-state index in [0.717, 1.165) is 37.7 Å². The molecule has 360 valence electrons. The highest BCUT2D eigenvalue weighted by atomic mass is 16.5. The maximum atomic E-state index is 14.5. The van der Waals surface area contributed by atoms with Gasteiger partial charge >= 0.3 is 5.97 Å². The summed E-state index contributed by atoms with van der Waals surface area (Å²) < 4.78 is 5.89. The van der Waals surface area contributed by atoms with Crippen molar-refractivity contribution in [2.75, 3.05) is 19.8 Å². The first kappa shape index (κ1) is 46.2. The van der Waals surface area contributed by atoms with E-state index in [-0.39, 0.29) is 123 Å². The van der Waals surface area contributed by atoms with Crippen LogP contribution >= 0.6 is 0 Å². The lowest BCUT2D eigenvalue weighted by molar-refractivity contribution is -0.226. The molecule has 1 spiro atoms. The summed E-state index contributed by atoms with van der Waals surface area (Å²) in [4.78, 5) is 35.8. The molecule has 9 aliphatic rings. The van der Waals surface area contributed by atoms with E-state index in [0.29, 0.717) is 30.8 Å². The molecule has 2 bridgehead atoms. The second-order valence-corrected chi connectivity index (χ2v) is 23.5. The number of carbonyl (C=O) groups excluding carboxylic acids is 2. The lowest BCUT2D eigenvalue weighted by atomic mass is 9.38. The van der Waals surface area contributed by atoms with E-state index in [2.05, 4.69) is 41.7 Å². The maximum Gasteiger partial charge on any atom is 0.313 e. The normalized spacial score (nSPS) is 49.7. The zero-order chi connectivity index (χ0) is 46.7. The number of guanidine groups is 1. The Morgan fingerprint density at radius 1 is 0.970 bits per heavy atom. The number of esters is 1. The van der Waals surface area contributed by atoms with Gasteiger partial charge in [-0.3, -0.25) is 14.6 Å². The van der Waals surface area contributed by atoms with E-state index >= 15 is 0 Å². The lowest BCUT2D eigenvalue weighted by Gasteiger charge is -2.67. The molecule has 11 N–H and O–H groups in total. The highest BCUT2D eigenvalue weighted by Gasteiger charge is 2.77. The van der Waals surface area contributed by atoms with Crippen molar-refractivity contribution < 1.29 is 45.0 Å². The molecular formula is C53H74N4O9. The molecule has 66 heavy (non-hydrogen) atoms. The summed E-state index contributed by atoms with van der Waals surface area (Å²) in [7, 11) is 0. The third-order valence-corrected chi connectivity index (χ3v) is 20.3. The van der Waals surface area contributed by atoms with Gasteiger partial charge in [0.05, 0.1) is 42.0 Å². The average molecular weight is 911 g/mol. The summed E-state index contributed by atoms with van der Waals surface area (Å²) in [6, 6.07) is 1.94. The smallest absolute Gasteiger partial charge is 0.313 e. The number of rotatable bonds is 5. The van der Waals surface area contributed by atoms with Gasteiger partial charge in [-0.1, -0.05) is 31.4 Å². The fraction of sp³-hybridized carbons (Fsp3) is 0.755. The number of cyclic esters (lactones) is 1. The minimum atomic E-state index is -1.80. The second-order valence-electron chi connectivity index (χ2n) is 23.5. The largest absolute Gasteiger partial charge is 0.465 e.